The minimum Gasteiger partial charge on any atom is -0.483 e. The molecule has 2 atom stereocenters. The van der Waals surface area contributed by atoms with Gasteiger partial charge in [-0.05, 0) is 63.8 Å². The van der Waals surface area contributed by atoms with E-state index in [4.69, 9.17) is 4.74 Å². The summed E-state index contributed by atoms with van der Waals surface area (Å²) in [6.07, 6.45) is 0.833. The molecule has 1 N–H and O–H groups in total. The molecule has 0 spiro atoms. The van der Waals surface area contributed by atoms with Crippen molar-refractivity contribution in [2.75, 3.05) is 6.61 Å². The molecule has 0 aliphatic carbocycles. The summed E-state index contributed by atoms with van der Waals surface area (Å²) in [5, 5.41) is 2.98. The molecule has 0 saturated carbocycles. The minimum atomic E-state index is -0.602. The van der Waals surface area contributed by atoms with Crippen LogP contribution in [0.4, 0.5) is 0 Å². The lowest BCUT2D eigenvalue weighted by molar-refractivity contribution is -0.142. The molecule has 0 fully saturated rings. The molecule has 2 rings (SSSR count). The van der Waals surface area contributed by atoms with E-state index in [1.54, 1.807) is 11.8 Å². The van der Waals surface area contributed by atoms with Gasteiger partial charge in [0.2, 0.25) is 5.91 Å². The first-order valence-electron chi connectivity index (χ1n) is 10.6. The van der Waals surface area contributed by atoms with Gasteiger partial charge in [-0.25, -0.2) is 0 Å². The predicted octanol–water partition coefficient (Wildman–Crippen LogP) is 4.32. The minimum absolute atomic E-state index is 0.0578. The van der Waals surface area contributed by atoms with E-state index in [1.807, 2.05) is 77.1 Å². The van der Waals surface area contributed by atoms with Gasteiger partial charge in [-0.1, -0.05) is 48.9 Å². The standard InChI is InChI=1S/C25H34N2O3/c1-7-20(5)26-25(29)21(6)27(15-22-12-9-17(2)10-13-22)24(28)16-30-23-14-18(3)8-11-19(23)4/h8-14,20-21H,7,15-16H2,1-6H3,(H,26,29)/t20-,21+/m1/s1. The second-order valence-electron chi connectivity index (χ2n) is 8.06. The molecule has 0 aliphatic heterocycles. The van der Waals surface area contributed by atoms with Gasteiger partial charge >= 0.3 is 0 Å². The Morgan fingerprint density at radius 2 is 1.63 bits per heavy atom. The number of hydrogen-bond acceptors (Lipinski definition) is 3. The summed E-state index contributed by atoms with van der Waals surface area (Å²) in [5.74, 6) is 0.315. The molecule has 0 heterocycles. The summed E-state index contributed by atoms with van der Waals surface area (Å²) >= 11 is 0. The van der Waals surface area contributed by atoms with Crippen LogP contribution in [0.2, 0.25) is 0 Å². The van der Waals surface area contributed by atoms with E-state index in [0.29, 0.717) is 12.3 Å². The van der Waals surface area contributed by atoms with Crippen molar-refractivity contribution in [2.24, 2.45) is 0 Å². The largest absolute Gasteiger partial charge is 0.483 e. The van der Waals surface area contributed by atoms with Crippen molar-refractivity contribution in [3.63, 3.8) is 0 Å². The Kier molecular flexibility index (Phi) is 8.46. The van der Waals surface area contributed by atoms with Crippen LogP contribution in [0.3, 0.4) is 0 Å². The monoisotopic (exact) mass is 410 g/mol. The molecule has 2 aromatic rings. The number of carbonyl (C=O) groups excluding carboxylic acids is 2. The third-order valence-corrected chi connectivity index (χ3v) is 5.34. The number of carbonyl (C=O) groups is 2. The Morgan fingerprint density at radius 1 is 1.00 bits per heavy atom. The summed E-state index contributed by atoms with van der Waals surface area (Å²) < 4.78 is 5.83. The molecule has 0 aliphatic rings. The molecule has 30 heavy (non-hydrogen) atoms. The van der Waals surface area contributed by atoms with Crippen LogP contribution in [0, 0.1) is 20.8 Å². The van der Waals surface area contributed by atoms with Gasteiger partial charge in [0.15, 0.2) is 6.61 Å². The molecule has 2 aromatic carbocycles. The predicted molar refractivity (Wildman–Crippen MR) is 120 cm³/mol. The van der Waals surface area contributed by atoms with Crippen molar-refractivity contribution < 1.29 is 14.3 Å². The smallest absolute Gasteiger partial charge is 0.261 e. The molecule has 0 saturated heterocycles. The van der Waals surface area contributed by atoms with Gasteiger partial charge in [0, 0.05) is 12.6 Å². The van der Waals surface area contributed by atoms with Crippen LogP contribution < -0.4 is 10.1 Å². The molecule has 5 heteroatoms. The lowest BCUT2D eigenvalue weighted by Gasteiger charge is -2.29. The van der Waals surface area contributed by atoms with Crippen LogP contribution in [0.25, 0.3) is 0 Å². The quantitative estimate of drug-likeness (QED) is 0.670. The van der Waals surface area contributed by atoms with Crippen LogP contribution in [0.5, 0.6) is 5.75 Å². The Hall–Kier alpha value is -2.82. The summed E-state index contributed by atoms with van der Waals surface area (Å²) in [6.45, 7) is 11.9. The van der Waals surface area contributed by atoms with Gasteiger partial charge in [0.1, 0.15) is 11.8 Å². The average molecular weight is 411 g/mol. The third kappa shape index (κ3) is 6.61. The maximum absolute atomic E-state index is 13.1. The first kappa shape index (κ1) is 23.5. The number of hydrogen-bond donors (Lipinski definition) is 1. The fraction of sp³-hybridized carbons (Fsp3) is 0.440. The van der Waals surface area contributed by atoms with Crippen molar-refractivity contribution >= 4 is 11.8 Å². The lowest BCUT2D eigenvalue weighted by atomic mass is 10.1. The SMILES string of the molecule is CC[C@@H](C)NC(=O)[C@H](C)N(Cc1ccc(C)cc1)C(=O)COc1cc(C)ccc1C. The molecular formula is C25H34N2O3. The number of rotatable bonds is 9. The number of nitrogens with zero attached hydrogens (tertiary/aromatic N) is 1. The molecule has 0 bridgehead atoms. The van der Waals surface area contributed by atoms with Crippen molar-refractivity contribution in [3.05, 3.63) is 64.7 Å². The van der Waals surface area contributed by atoms with E-state index < -0.39 is 6.04 Å². The van der Waals surface area contributed by atoms with Gasteiger partial charge in [0.05, 0.1) is 0 Å². The zero-order valence-corrected chi connectivity index (χ0v) is 19.0. The number of amides is 2. The van der Waals surface area contributed by atoms with Gasteiger partial charge in [-0.2, -0.15) is 0 Å². The molecule has 0 unspecified atom stereocenters. The van der Waals surface area contributed by atoms with Crippen LogP contribution in [0.15, 0.2) is 42.5 Å². The average Bonchev–Trinajstić information content (AvgIpc) is 2.73. The van der Waals surface area contributed by atoms with Crippen LogP contribution in [-0.2, 0) is 16.1 Å². The van der Waals surface area contributed by atoms with E-state index in [0.717, 1.165) is 28.7 Å². The molecule has 162 valence electrons. The summed E-state index contributed by atoms with van der Waals surface area (Å²) in [7, 11) is 0. The van der Waals surface area contributed by atoms with Gasteiger partial charge in [0.25, 0.3) is 5.91 Å². The zero-order chi connectivity index (χ0) is 22.3. The van der Waals surface area contributed by atoms with Gasteiger partial charge in [-0.15, -0.1) is 0 Å². The van der Waals surface area contributed by atoms with Gasteiger partial charge < -0.3 is 15.0 Å². The zero-order valence-electron chi connectivity index (χ0n) is 19.0. The maximum atomic E-state index is 13.1. The van der Waals surface area contributed by atoms with E-state index in [2.05, 4.69) is 5.32 Å². The molecular weight excluding hydrogens is 376 g/mol. The molecule has 0 aromatic heterocycles. The third-order valence-electron chi connectivity index (χ3n) is 5.34. The lowest BCUT2D eigenvalue weighted by Crippen LogP contribution is -2.50. The summed E-state index contributed by atoms with van der Waals surface area (Å²) in [5.41, 5.74) is 4.17. The Bertz CT molecular complexity index is 861. The second kappa shape index (κ2) is 10.8. The fourth-order valence-corrected chi connectivity index (χ4v) is 3.02. The van der Waals surface area contributed by atoms with Crippen molar-refractivity contribution in [2.45, 2.75) is 66.6 Å². The normalized spacial score (nSPS) is 12.7. The highest BCUT2D eigenvalue weighted by molar-refractivity contribution is 5.88. The molecule has 0 radical (unpaired) electrons. The fourth-order valence-electron chi connectivity index (χ4n) is 3.02. The van der Waals surface area contributed by atoms with E-state index in [9.17, 15) is 9.59 Å². The highest BCUT2D eigenvalue weighted by Crippen LogP contribution is 2.19. The molecule has 2 amide bonds. The Morgan fingerprint density at radius 3 is 2.27 bits per heavy atom. The van der Waals surface area contributed by atoms with Crippen LogP contribution in [-0.4, -0.2) is 35.4 Å². The number of nitrogens with one attached hydrogen (secondary N) is 1. The van der Waals surface area contributed by atoms with Crippen molar-refractivity contribution in [1.29, 1.82) is 0 Å². The number of benzene rings is 2. The Labute approximate surface area is 180 Å². The number of ether oxygens (including phenoxy) is 1. The second-order valence-corrected chi connectivity index (χ2v) is 8.06. The summed E-state index contributed by atoms with van der Waals surface area (Å²) in [4.78, 5) is 27.4. The van der Waals surface area contributed by atoms with Gasteiger partial charge in [-0.3, -0.25) is 9.59 Å². The van der Waals surface area contributed by atoms with E-state index in [-0.39, 0.29) is 24.5 Å². The topological polar surface area (TPSA) is 58.6 Å². The number of aryl methyl sites for hydroxylation is 3. The van der Waals surface area contributed by atoms with Crippen molar-refractivity contribution in [1.82, 2.24) is 10.2 Å². The van der Waals surface area contributed by atoms with E-state index >= 15 is 0 Å². The first-order valence-corrected chi connectivity index (χ1v) is 10.6. The highest BCUT2D eigenvalue weighted by Gasteiger charge is 2.27. The maximum Gasteiger partial charge on any atom is 0.261 e. The van der Waals surface area contributed by atoms with Crippen LogP contribution >= 0.6 is 0 Å². The summed E-state index contributed by atoms with van der Waals surface area (Å²) in [6, 6.07) is 13.4. The first-order chi connectivity index (χ1) is 14.2. The van der Waals surface area contributed by atoms with Crippen molar-refractivity contribution in [3.8, 4) is 5.75 Å². The highest BCUT2D eigenvalue weighted by atomic mass is 16.5. The van der Waals surface area contributed by atoms with E-state index in [1.165, 1.54) is 0 Å². The molecule has 5 nitrogen and oxygen atoms in total. The Balaban J connectivity index is 2.17. The van der Waals surface area contributed by atoms with Crippen LogP contribution in [0.1, 0.15) is 49.4 Å².